The number of nitrogens with zero attached hydrogens (tertiary/aromatic N) is 1. The smallest absolute Gasteiger partial charge is 0.248 e. The van der Waals surface area contributed by atoms with Crippen LogP contribution in [-0.4, -0.2) is 26.1 Å². The molecule has 0 atom stereocenters. The number of hydrogen-bond donors (Lipinski definition) is 1. The van der Waals surface area contributed by atoms with Crippen molar-refractivity contribution in [1.29, 1.82) is 0 Å². The zero-order valence-corrected chi connectivity index (χ0v) is 15.1. The molecule has 0 spiro atoms. The van der Waals surface area contributed by atoms with Gasteiger partial charge in [0.2, 0.25) is 5.91 Å². The first-order chi connectivity index (χ1) is 11.7. The van der Waals surface area contributed by atoms with Crippen LogP contribution in [0, 0.1) is 0 Å². The number of carbonyl (C=O) groups is 1. The molecular formula is C20H23ClN2O2. The molecule has 0 saturated carbocycles. The number of nitrogens with one attached hydrogen (secondary N) is 1. The molecule has 0 radical (unpaired) electrons. The van der Waals surface area contributed by atoms with Gasteiger partial charge in [0, 0.05) is 30.5 Å². The Morgan fingerprint density at radius 1 is 1.04 bits per heavy atom. The minimum Gasteiger partial charge on any atom is -0.497 e. The minimum atomic E-state index is -0.139. The molecule has 0 aromatic heterocycles. The van der Waals surface area contributed by atoms with Gasteiger partial charge in [-0.2, -0.15) is 0 Å². The topological polar surface area (TPSA) is 41.6 Å². The molecule has 2 aromatic rings. The molecule has 25 heavy (non-hydrogen) atoms. The van der Waals surface area contributed by atoms with Crippen LogP contribution >= 0.6 is 12.4 Å². The van der Waals surface area contributed by atoms with E-state index in [4.69, 9.17) is 4.74 Å². The molecular weight excluding hydrogens is 336 g/mol. The maximum atomic E-state index is 12.0. The first-order valence-corrected chi connectivity index (χ1v) is 8.23. The Kier molecular flexibility index (Phi) is 6.90. The standard InChI is InChI=1S/C20H22N2O2.ClH/c1-24-19-11-4-16(5-12-19)6-13-20(23)21-17-7-9-18(10-8-17)22-14-2-3-15-22;/h4-13H,2-3,14-15H2,1H3,(H,21,23);1H. The molecule has 0 unspecified atom stereocenters. The fourth-order valence-corrected chi connectivity index (χ4v) is 2.80. The Balaban J connectivity index is 0.00000225. The molecule has 1 amide bonds. The normalized spacial score (nSPS) is 13.6. The lowest BCUT2D eigenvalue weighted by Crippen LogP contribution is -2.17. The van der Waals surface area contributed by atoms with Gasteiger partial charge in [0.25, 0.3) is 0 Å². The van der Waals surface area contributed by atoms with Crippen LogP contribution in [0.15, 0.2) is 54.6 Å². The summed E-state index contributed by atoms with van der Waals surface area (Å²) < 4.78 is 5.11. The van der Waals surface area contributed by atoms with Gasteiger partial charge in [-0.25, -0.2) is 0 Å². The number of amides is 1. The Labute approximate surface area is 154 Å². The molecule has 1 aliphatic rings. The summed E-state index contributed by atoms with van der Waals surface area (Å²) in [6.07, 6.45) is 5.84. The molecule has 0 aliphatic carbocycles. The maximum Gasteiger partial charge on any atom is 0.248 e. The summed E-state index contributed by atoms with van der Waals surface area (Å²) in [5.41, 5.74) is 2.98. The lowest BCUT2D eigenvalue weighted by atomic mass is 10.2. The van der Waals surface area contributed by atoms with Crippen molar-refractivity contribution in [2.75, 3.05) is 30.4 Å². The van der Waals surface area contributed by atoms with E-state index in [2.05, 4.69) is 22.3 Å². The Hall–Kier alpha value is -2.46. The monoisotopic (exact) mass is 358 g/mol. The summed E-state index contributed by atoms with van der Waals surface area (Å²) in [6.45, 7) is 2.24. The molecule has 5 heteroatoms. The highest BCUT2D eigenvalue weighted by Crippen LogP contribution is 2.22. The second-order valence-corrected chi connectivity index (χ2v) is 5.84. The van der Waals surface area contributed by atoms with Crippen molar-refractivity contribution in [1.82, 2.24) is 0 Å². The number of hydrogen-bond acceptors (Lipinski definition) is 3. The third-order valence-electron chi connectivity index (χ3n) is 4.15. The quantitative estimate of drug-likeness (QED) is 0.807. The third-order valence-corrected chi connectivity index (χ3v) is 4.15. The van der Waals surface area contributed by atoms with Crippen LogP contribution in [0.2, 0.25) is 0 Å². The van der Waals surface area contributed by atoms with E-state index in [1.54, 1.807) is 13.2 Å². The number of ether oxygens (including phenoxy) is 1. The number of benzene rings is 2. The van der Waals surface area contributed by atoms with E-state index in [1.165, 1.54) is 24.6 Å². The molecule has 1 saturated heterocycles. The lowest BCUT2D eigenvalue weighted by molar-refractivity contribution is -0.111. The summed E-state index contributed by atoms with van der Waals surface area (Å²) in [5.74, 6) is 0.662. The van der Waals surface area contributed by atoms with Crippen molar-refractivity contribution < 1.29 is 9.53 Å². The van der Waals surface area contributed by atoms with E-state index in [1.807, 2.05) is 36.4 Å². The van der Waals surface area contributed by atoms with Crippen LogP contribution in [0.25, 0.3) is 6.08 Å². The summed E-state index contributed by atoms with van der Waals surface area (Å²) >= 11 is 0. The number of anilines is 2. The Bertz CT molecular complexity index is 705. The van der Waals surface area contributed by atoms with E-state index in [-0.39, 0.29) is 18.3 Å². The highest BCUT2D eigenvalue weighted by molar-refractivity contribution is 6.02. The van der Waals surface area contributed by atoms with Gasteiger partial charge in [0.05, 0.1) is 7.11 Å². The molecule has 3 rings (SSSR count). The van der Waals surface area contributed by atoms with Crippen molar-refractivity contribution in [2.45, 2.75) is 12.8 Å². The lowest BCUT2D eigenvalue weighted by Gasteiger charge is -2.17. The summed E-state index contributed by atoms with van der Waals surface area (Å²) in [4.78, 5) is 14.4. The Morgan fingerprint density at radius 2 is 1.68 bits per heavy atom. The number of rotatable bonds is 5. The van der Waals surface area contributed by atoms with E-state index in [0.717, 1.165) is 30.1 Å². The van der Waals surface area contributed by atoms with Crippen LogP contribution in [0.3, 0.4) is 0 Å². The highest BCUT2D eigenvalue weighted by Gasteiger charge is 2.11. The second kappa shape index (κ2) is 9.14. The first-order valence-electron chi connectivity index (χ1n) is 8.23. The van der Waals surface area contributed by atoms with E-state index >= 15 is 0 Å². The Morgan fingerprint density at radius 3 is 2.28 bits per heavy atom. The van der Waals surface area contributed by atoms with Crippen molar-refractivity contribution in [3.63, 3.8) is 0 Å². The van der Waals surface area contributed by atoms with Crippen LogP contribution in [0.4, 0.5) is 11.4 Å². The predicted molar refractivity (Wildman–Crippen MR) is 106 cm³/mol. The summed E-state index contributed by atoms with van der Waals surface area (Å²) in [6, 6.07) is 15.6. The fraction of sp³-hybridized carbons (Fsp3) is 0.250. The minimum absolute atomic E-state index is 0. The number of methoxy groups -OCH3 is 1. The maximum absolute atomic E-state index is 12.0. The molecule has 0 bridgehead atoms. The first kappa shape index (κ1) is 18.9. The fourth-order valence-electron chi connectivity index (χ4n) is 2.80. The third kappa shape index (κ3) is 5.26. The largest absolute Gasteiger partial charge is 0.497 e. The molecule has 1 N–H and O–H groups in total. The zero-order valence-electron chi connectivity index (χ0n) is 14.3. The van der Waals surface area contributed by atoms with Gasteiger partial charge in [-0.1, -0.05) is 12.1 Å². The summed E-state index contributed by atoms with van der Waals surface area (Å²) in [5, 5.41) is 2.88. The predicted octanol–water partition coefficient (Wildman–Crippen LogP) is 4.37. The summed E-state index contributed by atoms with van der Waals surface area (Å²) in [7, 11) is 1.63. The van der Waals surface area contributed by atoms with Gasteiger partial charge in [0.1, 0.15) is 5.75 Å². The van der Waals surface area contributed by atoms with Crippen LogP contribution in [0.1, 0.15) is 18.4 Å². The van der Waals surface area contributed by atoms with Gasteiger partial charge in [-0.15, -0.1) is 12.4 Å². The van der Waals surface area contributed by atoms with E-state index < -0.39 is 0 Å². The average Bonchev–Trinajstić information content (AvgIpc) is 3.16. The number of carbonyl (C=O) groups excluding carboxylic acids is 1. The molecule has 1 fully saturated rings. The van der Waals surface area contributed by atoms with Crippen LogP contribution in [0.5, 0.6) is 5.75 Å². The van der Waals surface area contributed by atoms with Crippen molar-refractivity contribution in [3.8, 4) is 5.75 Å². The van der Waals surface area contributed by atoms with Crippen LogP contribution < -0.4 is 15.0 Å². The SMILES string of the molecule is COc1ccc(C=CC(=O)Nc2ccc(N3CCCC3)cc2)cc1.Cl. The number of halogens is 1. The van der Waals surface area contributed by atoms with Gasteiger partial charge in [-0.3, -0.25) is 4.79 Å². The van der Waals surface area contributed by atoms with Crippen molar-refractivity contribution in [2.24, 2.45) is 0 Å². The molecule has 4 nitrogen and oxygen atoms in total. The van der Waals surface area contributed by atoms with Gasteiger partial charge in [0.15, 0.2) is 0 Å². The van der Waals surface area contributed by atoms with Gasteiger partial charge in [-0.05, 0) is 60.9 Å². The average molecular weight is 359 g/mol. The molecule has 2 aromatic carbocycles. The van der Waals surface area contributed by atoms with Gasteiger partial charge >= 0.3 is 0 Å². The van der Waals surface area contributed by atoms with Gasteiger partial charge < -0.3 is 15.0 Å². The van der Waals surface area contributed by atoms with E-state index in [9.17, 15) is 4.79 Å². The zero-order chi connectivity index (χ0) is 16.8. The highest BCUT2D eigenvalue weighted by atomic mass is 35.5. The van der Waals surface area contributed by atoms with Crippen molar-refractivity contribution >= 4 is 35.8 Å². The molecule has 1 aliphatic heterocycles. The van der Waals surface area contributed by atoms with E-state index in [0.29, 0.717) is 0 Å². The molecule has 1 heterocycles. The second-order valence-electron chi connectivity index (χ2n) is 5.84. The van der Waals surface area contributed by atoms with Crippen molar-refractivity contribution in [3.05, 3.63) is 60.2 Å². The molecule has 132 valence electrons. The van der Waals surface area contributed by atoms with Crippen LogP contribution in [-0.2, 0) is 4.79 Å².